The highest BCUT2D eigenvalue weighted by Gasteiger charge is 2.28. The lowest BCUT2D eigenvalue weighted by Crippen LogP contribution is -2.34. The molecular weight excluding hydrogens is 522 g/mol. The molecule has 1 saturated carbocycles. The van der Waals surface area contributed by atoms with Gasteiger partial charge in [-0.05, 0) is 87.1 Å². The maximum Gasteiger partial charge on any atom is 0.313 e. The summed E-state index contributed by atoms with van der Waals surface area (Å²) in [6.45, 7) is 10.3. The van der Waals surface area contributed by atoms with Crippen molar-refractivity contribution in [3.8, 4) is 0 Å². The van der Waals surface area contributed by atoms with E-state index in [1.54, 1.807) is 0 Å². The Balaban J connectivity index is 1.03. The van der Waals surface area contributed by atoms with Gasteiger partial charge in [-0.2, -0.15) is 5.10 Å². The molecule has 0 bridgehead atoms. The number of esters is 1. The number of ketones is 1. The molecule has 6 nitrogen and oxygen atoms in total. The highest BCUT2D eigenvalue weighted by molar-refractivity contribution is 5.82. The number of carbonyl (C=O) groups is 2. The van der Waals surface area contributed by atoms with Gasteiger partial charge >= 0.3 is 5.97 Å². The van der Waals surface area contributed by atoms with Gasteiger partial charge in [-0.3, -0.25) is 19.2 Å². The lowest BCUT2D eigenvalue weighted by molar-refractivity contribution is -0.146. The molecule has 2 aliphatic rings. The highest BCUT2D eigenvalue weighted by atomic mass is 16.5. The van der Waals surface area contributed by atoms with Gasteiger partial charge in [0, 0.05) is 36.7 Å². The van der Waals surface area contributed by atoms with E-state index in [1.165, 1.54) is 11.1 Å². The van der Waals surface area contributed by atoms with Crippen molar-refractivity contribution in [2.45, 2.75) is 90.8 Å². The number of hydrogen-bond acceptors (Lipinski definition) is 5. The molecule has 2 fully saturated rings. The van der Waals surface area contributed by atoms with E-state index in [-0.39, 0.29) is 23.7 Å². The average molecular weight is 570 g/mol. The molecule has 0 amide bonds. The molecule has 1 unspecified atom stereocenters. The smallest absolute Gasteiger partial charge is 0.313 e. The van der Waals surface area contributed by atoms with Crippen LogP contribution in [0.4, 0.5) is 0 Å². The van der Waals surface area contributed by atoms with Crippen molar-refractivity contribution >= 4 is 11.8 Å². The molecule has 1 saturated heterocycles. The zero-order valence-electron chi connectivity index (χ0n) is 25.6. The summed E-state index contributed by atoms with van der Waals surface area (Å²) >= 11 is 0. The summed E-state index contributed by atoms with van der Waals surface area (Å²) in [5.41, 5.74) is 4.72. The number of aromatic nitrogens is 2. The van der Waals surface area contributed by atoms with E-state index in [2.05, 4.69) is 34.3 Å². The van der Waals surface area contributed by atoms with Crippen molar-refractivity contribution < 1.29 is 14.3 Å². The Morgan fingerprint density at radius 3 is 2.24 bits per heavy atom. The Bertz CT molecular complexity index is 1280. The molecule has 0 radical (unpaired) electrons. The number of nitrogens with zero attached hydrogens (tertiary/aromatic N) is 3. The molecule has 3 aromatic rings. The first-order chi connectivity index (χ1) is 20.4. The van der Waals surface area contributed by atoms with Crippen LogP contribution in [0, 0.1) is 17.8 Å². The van der Waals surface area contributed by atoms with Crippen LogP contribution in [-0.4, -0.2) is 39.5 Å². The molecule has 224 valence electrons. The van der Waals surface area contributed by atoms with Crippen LogP contribution in [0.15, 0.2) is 67.0 Å². The standard InChI is InChI=1S/C36H47N3O3/c1-26(2)35(40)33-15-13-32(14-16-33)31-11-9-28(10-12-31)22-38-19-17-29(18-20-38)23-39-24-34(21-37-39)27(3)36(41)42-25-30-7-5-4-6-8-30/h4-12,21,24,26-27,29,32-33H,13-20,22-23,25H2,1-3H3/t27?,32-,33+. The van der Waals surface area contributed by atoms with E-state index >= 15 is 0 Å². The van der Waals surface area contributed by atoms with Crippen LogP contribution in [-0.2, 0) is 34.0 Å². The van der Waals surface area contributed by atoms with E-state index in [0.717, 1.165) is 75.8 Å². The van der Waals surface area contributed by atoms with Crippen LogP contribution in [0.3, 0.4) is 0 Å². The fourth-order valence-corrected chi connectivity index (χ4v) is 6.62. The molecular formula is C36H47N3O3. The maximum absolute atomic E-state index is 12.6. The first kappa shape index (κ1) is 30.2. The third-order valence-electron chi connectivity index (χ3n) is 9.44. The van der Waals surface area contributed by atoms with Crippen molar-refractivity contribution in [3.05, 3.63) is 89.2 Å². The summed E-state index contributed by atoms with van der Waals surface area (Å²) in [4.78, 5) is 27.5. The summed E-state index contributed by atoms with van der Waals surface area (Å²) in [6.07, 6.45) is 10.5. The van der Waals surface area contributed by atoms with E-state index in [4.69, 9.17) is 4.74 Å². The number of Topliss-reactive ketones (excluding diaryl/α,β-unsaturated/α-hetero) is 1. The van der Waals surface area contributed by atoms with Crippen molar-refractivity contribution in [1.82, 2.24) is 14.7 Å². The van der Waals surface area contributed by atoms with Gasteiger partial charge in [0.15, 0.2) is 0 Å². The van der Waals surface area contributed by atoms with Crippen molar-refractivity contribution in [2.75, 3.05) is 13.1 Å². The number of likely N-dealkylation sites (tertiary alicyclic amines) is 1. The Hall–Kier alpha value is -3.25. The lowest BCUT2D eigenvalue weighted by Gasteiger charge is -2.32. The minimum atomic E-state index is -0.334. The molecule has 6 heteroatoms. The predicted molar refractivity (Wildman–Crippen MR) is 166 cm³/mol. The molecule has 42 heavy (non-hydrogen) atoms. The normalized spacial score (nSPS) is 20.9. The molecule has 1 atom stereocenters. The highest BCUT2D eigenvalue weighted by Crippen LogP contribution is 2.37. The summed E-state index contributed by atoms with van der Waals surface area (Å²) < 4.78 is 7.53. The second kappa shape index (κ2) is 14.3. The molecule has 0 spiro atoms. The molecule has 1 aromatic heterocycles. The minimum absolute atomic E-state index is 0.158. The van der Waals surface area contributed by atoms with Gasteiger partial charge in [0.1, 0.15) is 12.4 Å². The van der Waals surface area contributed by atoms with E-state index in [0.29, 0.717) is 24.2 Å². The van der Waals surface area contributed by atoms with E-state index in [9.17, 15) is 9.59 Å². The number of ether oxygens (including phenoxy) is 1. The van der Waals surface area contributed by atoms with Crippen molar-refractivity contribution in [3.63, 3.8) is 0 Å². The monoisotopic (exact) mass is 569 g/mol. The van der Waals surface area contributed by atoms with Gasteiger partial charge in [0.2, 0.25) is 0 Å². The topological polar surface area (TPSA) is 64.4 Å². The summed E-state index contributed by atoms with van der Waals surface area (Å²) in [5.74, 6) is 1.52. The Morgan fingerprint density at radius 2 is 1.57 bits per heavy atom. The molecule has 0 N–H and O–H groups in total. The zero-order chi connectivity index (χ0) is 29.5. The number of rotatable bonds is 11. The lowest BCUT2D eigenvalue weighted by atomic mass is 9.75. The molecule has 2 aromatic carbocycles. The fourth-order valence-electron chi connectivity index (χ4n) is 6.62. The summed E-state index contributed by atoms with van der Waals surface area (Å²) in [6, 6.07) is 19.0. The summed E-state index contributed by atoms with van der Waals surface area (Å²) in [5, 5.41) is 4.56. The molecule has 5 rings (SSSR count). The molecule has 1 aliphatic heterocycles. The summed E-state index contributed by atoms with van der Waals surface area (Å²) in [7, 11) is 0. The van der Waals surface area contributed by atoms with Gasteiger partial charge in [-0.25, -0.2) is 0 Å². The first-order valence-electron chi connectivity index (χ1n) is 15.9. The van der Waals surface area contributed by atoms with Crippen LogP contribution in [0.25, 0.3) is 0 Å². The van der Waals surface area contributed by atoms with E-state index in [1.807, 2.05) is 68.2 Å². The number of hydrogen-bond donors (Lipinski definition) is 0. The van der Waals surface area contributed by atoms with Gasteiger partial charge in [0.25, 0.3) is 0 Å². The number of benzene rings is 2. The van der Waals surface area contributed by atoms with Gasteiger partial charge in [0.05, 0.1) is 12.1 Å². The van der Waals surface area contributed by atoms with Crippen LogP contribution < -0.4 is 0 Å². The SMILES string of the molecule is CC(C(=O)OCc1ccccc1)c1cnn(CC2CCN(Cc3ccc([C@H]4CC[C@@H](C(=O)C(C)C)CC4)cc3)CC2)c1. The first-order valence-corrected chi connectivity index (χ1v) is 15.9. The fraction of sp³-hybridized carbons (Fsp3) is 0.528. The van der Waals surface area contributed by atoms with Crippen LogP contribution in [0.1, 0.15) is 93.4 Å². The third kappa shape index (κ3) is 7.97. The van der Waals surface area contributed by atoms with Gasteiger partial charge in [-0.15, -0.1) is 0 Å². The minimum Gasteiger partial charge on any atom is -0.460 e. The van der Waals surface area contributed by atoms with Crippen LogP contribution >= 0.6 is 0 Å². The Kier molecular flexibility index (Phi) is 10.3. The van der Waals surface area contributed by atoms with Crippen LogP contribution in [0.5, 0.6) is 0 Å². The van der Waals surface area contributed by atoms with E-state index < -0.39 is 0 Å². The van der Waals surface area contributed by atoms with Gasteiger partial charge in [-0.1, -0.05) is 68.4 Å². The van der Waals surface area contributed by atoms with Crippen LogP contribution in [0.2, 0.25) is 0 Å². The second-order valence-electron chi connectivity index (χ2n) is 12.9. The zero-order valence-corrected chi connectivity index (χ0v) is 25.6. The third-order valence-corrected chi connectivity index (χ3v) is 9.44. The maximum atomic E-state index is 12.6. The van der Waals surface area contributed by atoms with Gasteiger partial charge < -0.3 is 4.74 Å². The number of carbonyl (C=O) groups excluding carboxylic acids is 2. The average Bonchev–Trinajstić information content (AvgIpc) is 3.49. The second-order valence-corrected chi connectivity index (χ2v) is 12.9. The van der Waals surface area contributed by atoms with Crippen molar-refractivity contribution in [2.24, 2.45) is 17.8 Å². The Labute approximate surface area is 251 Å². The van der Waals surface area contributed by atoms with Crippen molar-refractivity contribution in [1.29, 1.82) is 0 Å². The quantitative estimate of drug-likeness (QED) is 0.230. The molecule has 1 aliphatic carbocycles. The number of piperidine rings is 1. The largest absolute Gasteiger partial charge is 0.460 e. The Morgan fingerprint density at radius 1 is 0.881 bits per heavy atom. The molecule has 2 heterocycles. The predicted octanol–water partition coefficient (Wildman–Crippen LogP) is 7.14.